The van der Waals surface area contributed by atoms with E-state index in [2.05, 4.69) is 5.32 Å². The molecule has 2 rings (SSSR count). The van der Waals surface area contributed by atoms with Crippen LogP contribution in [0.4, 0.5) is 18.9 Å². The van der Waals surface area contributed by atoms with Gasteiger partial charge in [0.25, 0.3) is 5.91 Å². The van der Waals surface area contributed by atoms with Crippen molar-refractivity contribution in [3.63, 3.8) is 0 Å². The third-order valence-corrected chi connectivity index (χ3v) is 3.07. The van der Waals surface area contributed by atoms with Gasteiger partial charge < -0.3 is 11.1 Å². The van der Waals surface area contributed by atoms with Gasteiger partial charge in [0.1, 0.15) is 17.5 Å². The first-order valence-electron chi connectivity index (χ1n) is 6.20. The lowest BCUT2D eigenvalue weighted by molar-refractivity contribution is 0.0996. The minimum absolute atomic E-state index is 0.124. The maximum Gasteiger partial charge on any atom is 0.251 e. The monoisotopic (exact) mass is 294 g/mol. The third kappa shape index (κ3) is 3.16. The highest BCUT2D eigenvalue weighted by Gasteiger charge is 2.17. The number of hydrogen-bond acceptors (Lipinski definition) is 2. The molecular weight excluding hydrogens is 281 g/mol. The van der Waals surface area contributed by atoms with Gasteiger partial charge in [-0.15, -0.1) is 0 Å². The number of hydrogen-bond donors (Lipinski definition) is 2. The van der Waals surface area contributed by atoms with Crippen molar-refractivity contribution in [2.75, 3.05) is 5.32 Å². The number of rotatable bonds is 4. The molecule has 0 heterocycles. The highest BCUT2D eigenvalue weighted by Crippen LogP contribution is 2.25. The Balaban J connectivity index is 2.33. The van der Waals surface area contributed by atoms with Gasteiger partial charge in [0, 0.05) is 11.6 Å². The zero-order valence-corrected chi connectivity index (χ0v) is 11.2. The van der Waals surface area contributed by atoms with E-state index in [1.54, 1.807) is 19.1 Å². The molecule has 0 aliphatic heterocycles. The van der Waals surface area contributed by atoms with Crippen LogP contribution in [0.5, 0.6) is 0 Å². The summed E-state index contributed by atoms with van der Waals surface area (Å²) in [6.07, 6.45) is 0. The summed E-state index contributed by atoms with van der Waals surface area (Å²) in [5.74, 6) is -3.38. The van der Waals surface area contributed by atoms with Gasteiger partial charge in [-0.2, -0.15) is 0 Å². The third-order valence-electron chi connectivity index (χ3n) is 3.07. The lowest BCUT2D eigenvalue weighted by Gasteiger charge is -2.17. The maximum atomic E-state index is 13.7. The molecule has 0 radical (unpaired) electrons. The van der Waals surface area contributed by atoms with Gasteiger partial charge in [0.15, 0.2) is 0 Å². The number of amides is 1. The summed E-state index contributed by atoms with van der Waals surface area (Å²) < 4.78 is 40.7. The predicted octanol–water partition coefficient (Wildman–Crippen LogP) is 3.38. The minimum Gasteiger partial charge on any atom is -0.376 e. The number of halogens is 3. The smallest absolute Gasteiger partial charge is 0.251 e. The molecule has 0 bridgehead atoms. The number of nitrogens with two attached hydrogens (primary N) is 1. The van der Waals surface area contributed by atoms with E-state index >= 15 is 0 Å². The first-order valence-corrected chi connectivity index (χ1v) is 6.20. The van der Waals surface area contributed by atoms with E-state index in [1.165, 1.54) is 12.1 Å². The Morgan fingerprint density at radius 1 is 1.10 bits per heavy atom. The Morgan fingerprint density at radius 2 is 1.76 bits per heavy atom. The molecule has 0 saturated carbocycles. The maximum absolute atomic E-state index is 13.7. The largest absolute Gasteiger partial charge is 0.376 e. The first-order chi connectivity index (χ1) is 9.90. The van der Waals surface area contributed by atoms with E-state index in [0.717, 1.165) is 6.07 Å². The van der Waals surface area contributed by atoms with Crippen LogP contribution in [0.1, 0.15) is 28.9 Å². The summed E-state index contributed by atoms with van der Waals surface area (Å²) in [4.78, 5) is 11.1. The Morgan fingerprint density at radius 3 is 2.38 bits per heavy atom. The van der Waals surface area contributed by atoms with Crippen LogP contribution in [-0.4, -0.2) is 5.91 Å². The van der Waals surface area contributed by atoms with Gasteiger partial charge in [-0.3, -0.25) is 4.79 Å². The second-order valence-electron chi connectivity index (χ2n) is 4.56. The van der Waals surface area contributed by atoms with E-state index in [4.69, 9.17) is 5.73 Å². The SMILES string of the molecule is CC(Nc1cc(C(N)=O)c(F)cc1F)c1ccccc1F. The van der Waals surface area contributed by atoms with Crippen LogP contribution in [0.25, 0.3) is 0 Å². The molecule has 21 heavy (non-hydrogen) atoms. The zero-order chi connectivity index (χ0) is 15.6. The summed E-state index contributed by atoms with van der Waals surface area (Å²) in [5, 5.41) is 2.70. The minimum atomic E-state index is -1.04. The Labute approximate surface area is 119 Å². The van der Waals surface area contributed by atoms with Gasteiger partial charge in [-0.25, -0.2) is 13.2 Å². The van der Waals surface area contributed by atoms with Gasteiger partial charge in [0.05, 0.1) is 17.3 Å². The summed E-state index contributed by atoms with van der Waals surface area (Å²) in [6, 6.07) is 6.97. The predicted molar refractivity (Wildman–Crippen MR) is 73.3 cm³/mol. The number of benzene rings is 2. The lowest BCUT2D eigenvalue weighted by Crippen LogP contribution is -2.16. The quantitative estimate of drug-likeness (QED) is 0.908. The van der Waals surface area contributed by atoms with Crippen molar-refractivity contribution in [2.24, 2.45) is 5.73 Å². The molecule has 0 aromatic heterocycles. The topological polar surface area (TPSA) is 55.1 Å². The molecule has 0 spiro atoms. The Kier molecular flexibility index (Phi) is 4.16. The number of anilines is 1. The fraction of sp³-hybridized carbons (Fsp3) is 0.133. The second-order valence-corrected chi connectivity index (χ2v) is 4.56. The fourth-order valence-corrected chi connectivity index (χ4v) is 1.99. The Hall–Kier alpha value is -2.50. The molecule has 0 aliphatic carbocycles. The summed E-state index contributed by atoms with van der Waals surface area (Å²) in [5.41, 5.74) is 4.78. The number of carbonyl (C=O) groups is 1. The van der Waals surface area contributed by atoms with Crippen LogP contribution >= 0.6 is 0 Å². The average molecular weight is 294 g/mol. The molecule has 1 unspecified atom stereocenters. The van der Waals surface area contributed by atoms with Gasteiger partial charge in [0.2, 0.25) is 0 Å². The summed E-state index contributed by atoms with van der Waals surface area (Å²) in [6.45, 7) is 1.62. The van der Waals surface area contributed by atoms with Crippen LogP contribution in [0, 0.1) is 17.5 Å². The van der Waals surface area contributed by atoms with Crippen LogP contribution in [-0.2, 0) is 0 Å². The van der Waals surface area contributed by atoms with Crippen LogP contribution in [0.3, 0.4) is 0 Å². The van der Waals surface area contributed by atoms with Crippen LogP contribution in [0.2, 0.25) is 0 Å². The van der Waals surface area contributed by atoms with Crippen LogP contribution < -0.4 is 11.1 Å². The van der Waals surface area contributed by atoms with E-state index in [9.17, 15) is 18.0 Å². The number of nitrogens with one attached hydrogen (secondary N) is 1. The molecule has 3 N–H and O–H groups in total. The molecule has 0 saturated heterocycles. The van der Waals surface area contributed by atoms with Gasteiger partial charge in [-0.05, 0) is 19.1 Å². The average Bonchev–Trinajstić information content (AvgIpc) is 2.41. The lowest BCUT2D eigenvalue weighted by atomic mass is 10.1. The Bertz CT molecular complexity index is 689. The molecular formula is C15H13F3N2O. The molecule has 6 heteroatoms. The fourth-order valence-electron chi connectivity index (χ4n) is 1.99. The van der Waals surface area contributed by atoms with Crippen molar-refractivity contribution in [1.29, 1.82) is 0 Å². The molecule has 2 aromatic rings. The molecule has 0 fully saturated rings. The molecule has 0 aliphatic rings. The summed E-state index contributed by atoms with van der Waals surface area (Å²) >= 11 is 0. The van der Waals surface area contributed by atoms with Crippen molar-refractivity contribution in [1.82, 2.24) is 0 Å². The van der Waals surface area contributed by atoms with Crippen molar-refractivity contribution < 1.29 is 18.0 Å². The molecule has 2 aromatic carbocycles. The molecule has 110 valence electrons. The normalized spacial score (nSPS) is 12.0. The zero-order valence-electron chi connectivity index (χ0n) is 11.2. The van der Waals surface area contributed by atoms with E-state index in [1.807, 2.05) is 0 Å². The van der Waals surface area contributed by atoms with Crippen molar-refractivity contribution in [3.8, 4) is 0 Å². The molecule has 1 atom stereocenters. The van der Waals surface area contributed by atoms with Crippen molar-refractivity contribution in [2.45, 2.75) is 13.0 Å². The van der Waals surface area contributed by atoms with E-state index in [-0.39, 0.29) is 5.69 Å². The van der Waals surface area contributed by atoms with Crippen molar-refractivity contribution >= 4 is 11.6 Å². The van der Waals surface area contributed by atoms with Gasteiger partial charge >= 0.3 is 0 Å². The highest BCUT2D eigenvalue weighted by molar-refractivity contribution is 5.94. The van der Waals surface area contributed by atoms with E-state index < -0.39 is 35.0 Å². The van der Waals surface area contributed by atoms with E-state index in [0.29, 0.717) is 11.6 Å². The summed E-state index contributed by atoms with van der Waals surface area (Å²) in [7, 11) is 0. The standard InChI is InChI=1S/C15H13F3N2O/c1-8(9-4-2-3-5-11(9)16)20-14-6-10(15(19)21)12(17)7-13(14)18/h2-8,20H,1H3,(H2,19,21). The molecule has 1 amide bonds. The number of primary amides is 1. The second kappa shape index (κ2) is 5.87. The highest BCUT2D eigenvalue weighted by atomic mass is 19.1. The van der Waals surface area contributed by atoms with Gasteiger partial charge in [-0.1, -0.05) is 18.2 Å². The number of carbonyl (C=O) groups excluding carboxylic acids is 1. The van der Waals surface area contributed by atoms with Crippen LogP contribution in [0.15, 0.2) is 36.4 Å². The van der Waals surface area contributed by atoms with Crippen molar-refractivity contribution in [3.05, 3.63) is 65.0 Å². The molecule has 3 nitrogen and oxygen atoms in total. The first kappa shape index (κ1) is 14.9.